The van der Waals surface area contributed by atoms with E-state index in [2.05, 4.69) is 4.98 Å². The summed E-state index contributed by atoms with van der Waals surface area (Å²) in [4.78, 5) is 29.1. The summed E-state index contributed by atoms with van der Waals surface area (Å²) in [6.45, 7) is 5.90. The summed E-state index contributed by atoms with van der Waals surface area (Å²) >= 11 is 0. The predicted molar refractivity (Wildman–Crippen MR) is 112 cm³/mol. The van der Waals surface area contributed by atoms with Crippen LogP contribution < -0.4 is 0 Å². The van der Waals surface area contributed by atoms with Gasteiger partial charge in [-0.3, -0.25) is 14.6 Å². The Balaban J connectivity index is 1.57. The van der Waals surface area contributed by atoms with Crippen LogP contribution in [0, 0.1) is 19.8 Å². The Bertz CT molecular complexity index is 1030. The van der Waals surface area contributed by atoms with Crippen molar-refractivity contribution < 1.29 is 22.7 Å². The Labute approximate surface area is 177 Å². The van der Waals surface area contributed by atoms with Gasteiger partial charge in [0, 0.05) is 31.0 Å². The van der Waals surface area contributed by atoms with Crippen LogP contribution >= 0.6 is 0 Å². The minimum Gasteiger partial charge on any atom is -0.454 e. The Kier molecular flexibility index (Phi) is 6.67. The smallest absolute Gasteiger partial charge is 0.309 e. The number of carbonyl (C=O) groups excluding carboxylic acids is 2. The molecule has 30 heavy (non-hydrogen) atoms. The van der Waals surface area contributed by atoms with E-state index in [1.54, 1.807) is 25.1 Å². The van der Waals surface area contributed by atoms with E-state index in [0.29, 0.717) is 18.4 Å². The van der Waals surface area contributed by atoms with E-state index < -0.39 is 28.0 Å². The molecule has 160 valence electrons. The number of ether oxygens (including phenoxy) is 1. The Morgan fingerprint density at radius 3 is 2.43 bits per heavy atom. The van der Waals surface area contributed by atoms with Gasteiger partial charge in [0.2, 0.25) is 15.8 Å². The van der Waals surface area contributed by atoms with Crippen molar-refractivity contribution in [1.29, 1.82) is 0 Å². The normalized spacial score (nSPS) is 16.8. The van der Waals surface area contributed by atoms with Crippen molar-refractivity contribution >= 4 is 21.8 Å². The Morgan fingerprint density at radius 1 is 1.13 bits per heavy atom. The van der Waals surface area contributed by atoms with Crippen LogP contribution in [0.4, 0.5) is 0 Å². The van der Waals surface area contributed by atoms with Crippen LogP contribution in [-0.2, 0) is 19.6 Å². The van der Waals surface area contributed by atoms with Crippen LogP contribution in [-0.4, -0.2) is 48.7 Å². The van der Waals surface area contributed by atoms with E-state index in [4.69, 9.17) is 4.74 Å². The average Bonchev–Trinajstić information content (AvgIpc) is 2.75. The molecule has 1 fully saturated rings. The summed E-state index contributed by atoms with van der Waals surface area (Å²) in [7, 11) is -3.63. The van der Waals surface area contributed by atoms with Crippen LogP contribution in [0.5, 0.6) is 0 Å². The predicted octanol–water partition coefficient (Wildman–Crippen LogP) is 2.91. The first kappa shape index (κ1) is 22.1. The zero-order valence-electron chi connectivity index (χ0n) is 17.4. The average molecular weight is 431 g/mol. The number of pyridine rings is 1. The van der Waals surface area contributed by atoms with Crippen molar-refractivity contribution in [2.24, 2.45) is 5.92 Å². The summed E-state index contributed by atoms with van der Waals surface area (Å²) < 4.78 is 32.1. The third kappa shape index (κ3) is 4.76. The quantitative estimate of drug-likeness (QED) is 0.517. The number of benzene rings is 1. The van der Waals surface area contributed by atoms with Crippen molar-refractivity contribution in [2.75, 3.05) is 13.1 Å². The van der Waals surface area contributed by atoms with Gasteiger partial charge in [0.05, 0.1) is 5.92 Å². The van der Waals surface area contributed by atoms with Crippen LogP contribution in [0.25, 0.3) is 0 Å². The molecule has 1 saturated heterocycles. The summed E-state index contributed by atoms with van der Waals surface area (Å²) in [5.74, 6) is -1.14. The third-order valence-corrected chi connectivity index (χ3v) is 7.40. The lowest BCUT2D eigenvalue weighted by atomic mass is 9.98. The van der Waals surface area contributed by atoms with Gasteiger partial charge in [0.25, 0.3) is 0 Å². The molecule has 8 heteroatoms. The molecule has 0 aliphatic carbocycles. The molecule has 0 N–H and O–H groups in total. The maximum atomic E-state index is 12.7. The fourth-order valence-corrected chi connectivity index (χ4v) is 4.87. The van der Waals surface area contributed by atoms with Gasteiger partial charge in [0.1, 0.15) is 4.90 Å². The van der Waals surface area contributed by atoms with Gasteiger partial charge >= 0.3 is 5.97 Å². The maximum absolute atomic E-state index is 12.7. The minimum absolute atomic E-state index is 0.138. The fourth-order valence-electron chi connectivity index (χ4n) is 3.43. The number of carbonyl (C=O) groups is 2. The van der Waals surface area contributed by atoms with E-state index in [0.717, 1.165) is 11.1 Å². The molecule has 2 heterocycles. The molecule has 7 nitrogen and oxygen atoms in total. The molecule has 1 aromatic carbocycles. The van der Waals surface area contributed by atoms with Crippen molar-refractivity contribution in [3.8, 4) is 0 Å². The van der Waals surface area contributed by atoms with Gasteiger partial charge in [0.15, 0.2) is 6.10 Å². The Morgan fingerprint density at radius 2 is 1.83 bits per heavy atom. The second-order valence-electron chi connectivity index (χ2n) is 7.61. The molecule has 0 bridgehead atoms. The molecule has 1 aliphatic heterocycles. The standard InChI is InChI=1S/C22H26N2O5S/c1-15-6-7-19(13-16(15)2)21(25)17(3)29-22(26)18-8-11-24(12-9-18)30(27,28)20-5-4-10-23-14-20/h4-7,10,13-14,17-18H,8-9,11-12H2,1-3H3. The van der Waals surface area contributed by atoms with Crippen molar-refractivity contribution in [3.63, 3.8) is 0 Å². The molecule has 0 radical (unpaired) electrons. The van der Waals surface area contributed by atoms with Crippen LogP contribution in [0.15, 0.2) is 47.6 Å². The molecule has 1 aromatic heterocycles. The molecular weight excluding hydrogens is 404 g/mol. The monoisotopic (exact) mass is 430 g/mol. The molecule has 1 unspecified atom stereocenters. The highest BCUT2D eigenvalue weighted by Crippen LogP contribution is 2.25. The van der Waals surface area contributed by atoms with Crippen LogP contribution in [0.1, 0.15) is 41.3 Å². The third-order valence-electron chi connectivity index (χ3n) is 5.51. The largest absolute Gasteiger partial charge is 0.454 e. The highest BCUT2D eigenvalue weighted by molar-refractivity contribution is 7.89. The summed E-state index contributed by atoms with van der Waals surface area (Å²) in [6, 6.07) is 8.48. The van der Waals surface area contributed by atoms with Gasteiger partial charge in [-0.2, -0.15) is 4.31 Å². The number of aryl methyl sites for hydroxylation is 2. The van der Waals surface area contributed by atoms with Crippen LogP contribution in [0.2, 0.25) is 0 Å². The minimum atomic E-state index is -3.63. The molecule has 0 spiro atoms. The lowest BCUT2D eigenvalue weighted by molar-refractivity contribution is -0.152. The molecule has 1 atom stereocenters. The fraction of sp³-hybridized carbons (Fsp3) is 0.409. The van der Waals surface area contributed by atoms with Crippen LogP contribution in [0.3, 0.4) is 0 Å². The number of rotatable bonds is 6. The van der Waals surface area contributed by atoms with E-state index in [9.17, 15) is 18.0 Å². The number of piperidine rings is 1. The topological polar surface area (TPSA) is 93.6 Å². The molecule has 2 aromatic rings. The molecular formula is C22H26N2O5S. The summed E-state index contributed by atoms with van der Waals surface area (Å²) in [5.41, 5.74) is 2.60. The molecule has 3 rings (SSSR count). The lowest BCUT2D eigenvalue weighted by Gasteiger charge is -2.30. The van der Waals surface area contributed by atoms with E-state index in [1.807, 2.05) is 19.9 Å². The number of sulfonamides is 1. The van der Waals surface area contributed by atoms with E-state index in [-0.39, 0.29) is 23.8 Å². The highest BCUT2D eigenvalue weighted by atomic mass is 32.2. The SMILES string of the molecule is Cc1ccc(C(=O)C(C)OC(=O)C2CCN(S(=O)(=O)c3cccnc3)CC2)cc1C. The first-order chi connectivity index (χ1) is 14.2. The van der Waals surface area contributed by atoms with Gasteiger partial charge in [-0.15, -0.1) is 0 Å². The number of ketones is 1. The molecule has 0 amide bonds. The first-order valence-corrected chi connectivity index (χ1v) is 11.4. The molecule has 0 saturated carbocycles. The number of hydrogen-bond acceptors (Lipinski definition) is 6. The molecule has 1 aliphatic rings. The number of aromatic nitrogens is 1. The van der Waals surface area contributed by atoms with Gasteiger partial charge in [-0.1, -0.05) is 12.1 Å². The summed E-state index contributed by atoms with van der Waals surface area (Å²) in [5, 5.41) is 0. The summed E-state index contributed by atoms with van der Waals surface area (Å²) in [6.07, 6.45) is 2.64. The van der Waals surface area contributed by atoms with Gasteiger partial charge in [-0.25, -0.2) is 8.42 Å². The van der Waals surface area contributed by atoms with E-state index >= 15 is 0 Å². The first-order valence-electron chi connectivity index (χ1n) is 9.92. The van der Waals surface area contributed by atoms with Crippen molar-refractivity contribution in [2.45, 2.75) is 44.6 Å². The zero-order valence-corrected chi connectivity index (χ0v) is 18.2. The van der Waals surface area contributed by atoms with E-state index in [1.165, 1.54) is 22.8 Å². The number of esters is 1. The number of Topliss-reactive ketones (excluding diaryl/α,β-unsaturated/α-hetero) is 1. The highest BCUT2D eigenvalue weighted by Gasteiger charge is 2.34. The number of nitrogens with zero attached hydrogens (tertiary/aromatic N) is 2. The van der Waals surface area contributed by atoms with Gasteiger partial charge < -0.3 is 4.74 Å². The maximum Gasteiger partial charge on any atom is 0.309 e. The van der Waals surface area contributed by atoms with Crippen molar-refractivity contribution in [3.05, 3.63) is 59.4 Å². The van der Waals surface area contributed by atoms with Gasteiger partial charge in [-0.05, 0) is 62.9 Å². The van der Waals surface area contributed by atoms with Crippen molar-refractivity contribution in [1.82, 2.24) is 9.29 Å². The second-order valence-corrected chi connectivity index (χ2v) is 9.55. The number of hydrogen-bond donors (Lipinski definition) is 0. The second kappa shape index (κ2) is 9.06. The zero-order chi connectivity index (χ0) is 21.9. The Hall–Kier alpha value is -2.58. The lowest BCUT2D eigenvalue weighted by Crippen LogP contribution is -2.41.